The van der Waals surface area contributed by atoms with Gasteiger partial charge < -0.3 is 9.73 Å². The van der Waals surface area contributed by atoms with Crippen molar-refractivity contribution in [1.29, 1.82) is 5.26 Å². The van der Waals surface area contributed by atoms with Gasteiger partial charge in [0.2, 0.25) is 11.8 Å². The van der Waals surface area contributed by atoms with Crippen LogP contribution in [0.4, 0.5) is 0 Å². The molecule has 0 unspecified atom stereocenters. The molecule has 1 amide bonds. The maximum absolute atomic E-state index is 11.4. The number of amides is 1. The first-order chi connectivity index (χ1) is 8.29. The highest BCUT2D eigenvalue weighted by Crippen LogP contribution is 2.14. The Morgan fingerprint density at radius 2 is 2.29 bits per heavy atom. The molecule has 0 aliphatic rings. The third-order valence-corrected chi connectivity index (χ3v) is 2.21. The first kappa shape index (κ1) is 11.1. The van der Waals surface area contributed by atoms with Crippen molar-refractivity contribution in [3.63, 3.8) is 0 Å². The third kappa shape index (κ3) is 2.82. The third-order valence-electron chi connectivity index (χ3n) is 2.21. The molecule has 0 radical (unpaired) electrons. The summed E-state index contributed by atoms with van der Waals surface area (Å²) in [7, 11) is 0. The number of hydrogen-bond donors (Lipinski definition) is 1. The minimum atomic E-state index is -0.188. The van der Waals surface area contributed by atoms with Gasteiger partial charge in [-0.3, -0.25) is 4.79 Å². The molecule has 1 N–H and O–H groups in total. The molecule has 0 aliphatic carbocycles. The quantitative estimate of drug-likeness (QED) is 0.804. The van der Waals surface area contributed by atoms with Gasteiger partial charge in [-0.05, 0) is 12.1 Å². The van der Waals surface area contributed by atoms with Gasteiger partial charge in [0.05, 0.1) is 12.5 Å². The summed E-state index contributed by atoms with van der Waals surface area (Å²) in [6.07, 6.45) is 0.402. The van der Waals surface area contributed by atoms with Gasteiger partial charge in [0.25, 0.3) is 0 Å². The van der Waals surface area contributed by atoms with Crippen LogP contribution in [0.25, 0.3) is 11.1 Å². The van der Waals surface area contributed by atoms with E-state index in [1.165, 1.54) is 0 Å². The number of nitrogens with zero attached hydrogens (tertiary/aromatic N) is 2. The van der Waals surface area contributed by atoms with E-state index in [1.807, 2.05) is 24.3 Å². The number of carbonyl (C=O) groups is 1. The van der Waals surface area contributed by atoms with Gasteiger partial charge in [0, 0.05) is 6.54 Å². The lowest BCUT2D eigenvalue weighted by Gasteiger charge is -1.98. The first-order valence-electron chi connectivity index (χ1n) is 5.27. The topological polar surface area (TPSA) is 78.9 Å². The molecule has 1 heterocycles. The standard InChI is InChI=1S/C12H11N3O2/c13-6-3-7-14-11(16)8-12-15-9-4-1-2-5-10(9)17-12/h1-2,4-5H,3,7-8H2,(H,14,16). The number of fused-ring (bicyclic) bond motifs is 1. The molecular formula is C12H11N3O2. The summed E-state index contributed by atoms with van der Waals surface area (Å²) in [5.74, 6) is 0.201. The van der Waals surface area contributed by atoms with Crippen LogP contribution >= 0.6 is 0 Å². The van der Waals surface area contributed by atoms with Crippen molar-refractivity contribution < 1.29 is 9.21 Å². The fraction of sp³-hybridized carbons (Fsp3) is 0.250. The van der Waals surface area contributed by atoms with Crippen molar-refractivity contribution in [2.24, 2.45) is 0 Å². The summed E-state index contributed by atoms with van der Waals surface area (Å²) in [6, 6.07) is 9.30. The number of carbonyl (C=O) groups excluding carboxylic acids is 1. The van der Waals surface area contributed by atoms with E-state index in [1.54, 1.807) is 6.07 Å². The second kappa shape index (κ2) is 5.12. The molecule has 0 saturated carbocycles. The zero-order valence-electron chi connectivity index (χ0n) is 9.14. The van der Waals surface area contributed by atoms with Crippen molar-refractivity contribution >= 4 is 17.0 Å². The highest BCUT2D eigenvalue weighted by atomic mass is 16.3. The minimum absolute atomic E-state index is 0.0973. The van der Waals surface area contributed by atoms with E-state index in [2.05, 4.69) is 10.3 Å². The maximum atomic E-state index is 11.4. The van der Waals surface area contributed by atoms with Gasteiger partial charge in [0.15, 0.2) is 5.58 Å². The first-order valence-corrected chi connectivity index (χ1v) is 5.27. The Bertz CT molecular complexity index is 535. The fourth-order valence-corrected chi connectivity index (χ4v) is 1.45. The van der Waals surface area contributed by atoms with Crippen LogP contribution in [0.15, 0.2) is 28.7 Å². The smallest absolute Gasteiger partial charge is 0.229 e. The van der Waals surface area contributed by atoms with Crippen LogP contribution in [0.5, 0.6) is 0 Å². The van der Waals surface area contributed by atoms with E-state index in [9.17, 15) is 4.79 Å². The molecule has 5 heteroatoms. The zero-order chi connectivity index (χ0) is 12.1. The van der Waals surface area contributed by atoms with E-state index in [0.29, 0.717) is 24.4 Å². The van der Waals surface area contributed by atoms with Gasteiger partial charge >= 0.3 is 0 Å². The predicted molar refractivity (Wildman–Crippen MR) is 61.0 cm³/mol. The van der Waals surface area contributed by atoms with Crippen LogP contribution in [0.2, 0.25) is 0 Å². The molecule has 0 atom stereocenters. The molecule has 0 saturated heterocycles. The van der Waals surface area contributed by atoms with Crippen molar-refractivity contribution in [2.45, 2.75) is 12.8 Å². The van der Waals surface area contributed by atoms with Crippen molar-refractivity contribution in [1.82, 2.24) is 10.3 Å². The lowest BCUT2D eigenvalue weighted by atomic mass is 10.3. The molecule has 0 spiro atoms. The summed E-state index contributed by atoms with van der Waals surface area (Å²) in [5.41, 5.74) is 1.42. The number of oxazole rings is 1. The van der Waals surface area contributed by atoms with Crippen LogP contribution in [0, 0.1) is 11.3 Å². The van der Waals surface area contributed by atoms with Crippen LogP contribution in [0.3, 0.4) is 0 Å². The molecule has 1 aromatic carbocycles. The number of rotatable bonds is 4. The zero-order valence-corrected chi connectivity index (χ0v) is 9.14. The van der Waals surface area contributed by atoms with Crippen LogP contribution in [-0.2, 0) is 11.2 Å². The molecule has 1 aromatic heterocycles. The fourth-order valence-electron chi connectivity index (χ4n) is 1.45. The monoisotopic (exact) mass is 229 g/mol. The summed E-state index contributed by atoms with van der Waals surface area (Å²) < 4.78 is 5.41. The van der Waals surface area contributed by atoms with Crippen LogP contribution < -0.4 is 5.32 Å². The molecule has 0 fully saturated rings. The highest BCUT2D eigenvalue weighted by Gasteiger charge is 2.09. The number of benzene rings is 1. The molecule has 0 bridgehead atoms. The van der Waals surface area contributed by atoms with Gasteiger partial charge in [-0.2, -0.15) is 5.26 Å². The lowest BCUT2D eigenvalue weighted by molar-refractivity contribution is -0.120. The molecule has 17 heavy (non-hydrogen) atoms. The molecule has 2 rings (SSSR count). The minimum Gasteiger partial charge on any atom is -0.440 e. The predicted octanol–water partition coefficient (Wildman–Crippen LogP) is 1.40. The SMILES string of the molecule is N#CCCNC(=O)Cc1nc2ccccc2o1. The Morgan fingerprint density at radius 3 is 3.06 bits per heavy atom. The summed E-state index contributed by atoms with van der Waals surface area (Å²) >= 11 is 0. The average molecular weight is 229 g/mol. The van der Waals surface area contributed by atoms with Gasteiger partial charge in [-0.25, -0.2) is 4.98 Å². The van der Waals surface area contributed by atoms with Crippen LogP contribution in [-0.4, -0.2) is 17.4 Å². The molecule has 2 aromatic rings. The van der Waals surface area contributed by atoms with Gasteiger partial charge in [-0.15, -0.1) is 0 Å². The Kier molecular flexibility index (Phi) is 3.36. The molecular weight excluding hydrogens is 218 g/mol. The average Bonchev–Trinajstić information content (AvgIpc) is 2.71. The second-order valence-corrected chi connectivity index (χ2v) is 3.51. The van der Waals surface area contributed by atoms with E-state index in [-0.39, 0.29) is 12.3 Å². The van der Waals surface area contributed by atoms with E-state index in [0.717, 1.165) is 5.52 Å². The summed E-state index contributed by atoms with van der Waals surface area (Å²) in [6.45, 7) is 0.357. The number of aromatic nitrogens is 1. The molecule has 86 valence electrons. The van der Waals surface area contributed by atoms with Crippen molar-refractivity contribution in [3.8, 4) is 6.07 Å². The van der Waals surface area contributed by atoms with Gasteiger partial charge in [0.1, 0.15) is 11.9 Å². The Balaban J connectivity index is 1.99. The van der Waals surface area contributed by atoms with Gasteiger partial charge in [-0.1, -0.05) is 12.1 Å². The number of hydrogen-bond acceptors (Lipinski definition) is 4. The van der Waals surface area contributed by atoms with E-state index in [4.69, 9.17) is 9.68 Å². The lowest BCUT2D eigenvalue weighted by Crippen LogP contribution is -2.25. The maximum Gasteiger partial charge on any atom is 0.229 e. The summed E-state index contributed by atoms with van der Waals surface area (Å²) in [4.78, 5) is 15.6. The second-order valence-electron chi connectivity index (χ2n) is 3.51. The van der Waals surface area contributed by atoms with Crippen molar-refractivity contribution in [3.05, 3.63) is 30.2 Å². The van der Waals surface area contributed by atoms with E-state index < -0.39 is 0 Å². The largest absolute Gasteiger partial charge is 0.440 e. The Morgan fingerprint density at radius 1 is 1.47 bits per heavy atom. The number of nitrogens with one attached hydrogen (secondary N) is 1. The number of para-hydroxylation sites is 2. The Labute approximate surface area is 98.1 Å². The van der Waals surface area contributed by atoms with E-state index >= 15 is 0 Å². The highest BCUT2D eigenvalue weighted by molar-refractivity contribution is 5.79. The van der Waals surface area contributed by atoms with Crippen LogP contribution in [0.1, 0.15) is 12.3 Å². The Hall–Kier alpha value is -2.35. The molecule has 5 nitrogen and oxygen atoms in total. The van der Waals surface area contributed by atoms with Crippen molar-refractivity contribution in [2.75, 3.05) is 6.54 Å². The number of nitriles is 1. The normalized spacial score (nSPS) is 10.1. The summed E-state index contributed by atoms with van der Waals surface area (Å²) in [5, 5.41) is 10.9. The molecule has 0 aliphatic heterocycles.